The molecule has 43 heavy (non-hydrogen) atoms. The zero-order chi connectivity index (χ0) is 30.7. The maximum Gasteiger partial charge on any atom is 0.261 e. The number of halogens is 1. The third-order valence-electron chi connectivity index (χ3n) is 6.48. The highest BCUT2D eigenvalue weighted by Crippen LogP contribution is 2.21. The van der Waals surface area contributed by atoms with Crippen molar-refractivity contribution in [3.05, 3.63) is 139 Å². The lowest BCUT2D eigenvalue weighted by Gasteiger charge is -2.31. The smallest absolute Gasteiger partial charge is 0.261 e. The summed E-state index contributed by atoms with van der Waals surface area (Å²) in [6, 6.07) is 28.4. The van der Waals surface area contributed by atoms with E-state index in [4.69, 9.17) is 4.74 Å². The first-order chi connectivity index (χ1) is 20.7. The second-order valence-electron chi connectivity index (χ2n) is 9.62. The van der Waals surface area contributed by atoms with Gasteiger partial charge in [-0.1, -0.05) is 66.7 Å². The second kappa shape index (κ2) is 14.8. The number of carbonyl (C=O) groups excluding carboxylic acids is 2. The summed E-state index contributed by atoms with van der Waals surface area (Å²) in [6.45, 7) is 3.70. The zero-order valence-electron chi connectivity index (χ0n) is 23.4. The van der Waals surface area contributed by atoms with Crippen LogP contribution in [0.4, 0.5) is 10.1 Å². The first kappa shape index (κ1) is 31.0. The number of amides is 2. The standard InChI is InChI=1S/C33H32FN3O5S/c1-2-21-35-33(39)31(22-25-9-5-3-6-10-25)37(23-26-11-7-4-8-12-26)32(38)24-42-29-17-19-30(20-18-29)43(40,41)36-28-15-13-27(34)14-16-28/h2-20,31,36H,1,21-24H2,(H,35,39)/t31-/m1/s1. The van der Waals surface area contributed by atoms with Crippen LogP contribution in [0.15, 0.2) is 127 Å². The van der Waals surface area contributed by atoms with E-state index in [1.54, 1.807) is 6.08 Å². The SMILES string of the molecule is C=CCNC(=O)[C@@H](Cc1ccccc1)N(Cc1ccccc1)C(=O)COc1ccc(S(=O)(=O)Nc2ccc(F)cc2)cc1. The molecule has 10 heteroatoms. The van der Waals surface area contributed by atoms with E-state index in [2.05, 4.69) is 16.6 Å². The molecule has 0 unspecified atom stereocenters. The second-order valence-corrected chi connectivity index (χ2v) is 11.3. The van der Waals surface area contributed by atoms with Gasteiger partial charge in [-0.25, -0.2) is 12.8 Å². The first-order valence-electron chi connectivity index (χ1n) is 13.5. The molecule has 0 radical (unpaired) electrons. The number of ether oxygens (including phenoxy) is 1. The summed E-state index contributed by atoms with van der Waals surface area (Å²) in [5, 5.41) is 2.81. The summed E-state index contributed by atoms with van der Waals surface area (Å²) >= 11 is 0. The van der Waals surface area contributed by atoms with Crippen molar-refractivity contribution in [2.45, 2.75) is 23.9 Å². The Morgan fingerprint density at radius 2 is 1.47 bits per heavy atom. The highest BCUT2D eigenvalue weighted by Gasteiger charge is 2.30. The number of carbonyl (C=O) groups is 2. The van der Waals surface area contributed by atoms with Crippen LogP contribution in [0.2, 0.25) is 0 Å². The summed E-state index contributed by atoms with van der Waals surface area (Å²) in [5.74, 6) is -0.959. The minimum absolute atomic E-state index is 0.0389. The van der Waals surface area contributed by atoms with E-state index < -0.39 is 27.8 Å². The molecule has 2 N–H and O–H groups in total. The Bertz CT molecular complexity index is 1620. The maximum atomic E-state index is 13.7. The Hall–Kier alpha value is -4.96. The van der Waals surface area contributed by atoms with E-state index in [1.807, 2.05) is 60.7 Å². The summed E-state index contributed by atoms with van der Waals surface area (Å²) in [4.78, 5) is 28.4. The van der Waals surface area contributed by atoms with E-state index in [1.165, 1.54) is 41.3 Å². The number of sulfonamides is 1. The Morgan fingerprint density at radius 1 is 0.860 bits per heavy atom. The van der Waals surface area contributed by atoms with Crippen molar-refractivity contribution in [1.82, 2.24) is 10.2 Å². The predicted molar refractivity (Wildman–Crippen MR) is 163 cm³/mol. The van der Waals surface area contributed by atoms with Crippen molar-refractivity contribution in [1.29, 1.82) is 0 Å². The molecule has 0 saturated carbocycles. The van der Waals surface area contributed by atoms with Crippen LogP contribution in [0, 0.1) is 5.82 Å². The molecular weight excluding hydrogens is 569 g/mol. The molecule has 1 atom stereocenters. The van der Waals surface area contributed by atoms with Crippen molar-refractivity contribution < 1.29 is 27.1 Å². The third kappa shape index (κ3) is 9.01. The average molecular weight is 602 g/mol. The van der Waals surface area contributed by atoms with Crippen LogP contribution in [-0.2, 0) is 32.6 Å². The molecule has 0 aliphatic rings. The quantitative estimate of drug-likeness (QED) is 0.199. The topological polar surface area (TPSA) is 105 Å². The number of nitrogens with one attached hydrogen (secondary N) is 2. The predicted octanol–water partition coefficient (Wildman–Crippen LogP) is 4.95. The van der Waals surface area contributed by atoms with Gasteiger partial charge in [-0.15, -0.1) is 6.58 Å². The zero-order valence-corrected chi connectivity index (χ0v) is 24.2. The molecule has 0 heterocycles. The molecule has 4 rings (SSSR count). The van der Waals surface area contributed by atoms with Gasteiger partial charge in [0.2, 0.25) is 5.91 Å². The lowest BCUT2D eigenvalue weighted by Crippen LogP contribution is -2.51. The van der Waals surface area contributed by atoms with Crippen LogP contribution in [-0.4, -0.2) is 44.3 Å². The molecule has 2 amide bonds. The molecule has 0 saturated heterocycles. The lowest BCUT2D eigenvalue weighted by molar-refractivity contribution is -0.142. The Kier molecular flexibility index (Phi) is 10.7. The van der Waals surface area contributed by atoms with Gasteiger partial charge in [-0.3, -0.25) is 14.3 Å². The van der Waals surface area contributed by atoms with Gasteiger partial charge in [0.1, 0.15) is 17.6 Å². The number of rotatable bonds is 14. The van der Waals surface area contributed by atoms with E-state index >= 15 is 0 Å². The number of anilines is 1. The molecule has 0 aliphatic heterocycles. The Balaban J connectivity index is 1.51. The Morgan fingerprint density at radius 3 is 2.07 bits per heavy atom. The van der Waals surface area contributed by atoms with Crippen molar-refractivity contribution in [2.24, 2.45) is 0 Å². The lowest BCUT2D eigenvalue weighted by atomic mass is 10.0. The first-order valence-corrected chi connectivity index (χ1v) is 15.0. The number of nitrogens with zero attached hydrogens (tertiary/aromatic N) is 1. The average Bonchev–Trinajstić information content (AvgIpc) is 3.02. The fraction of sp³-hybridized carbons (Fsp3) is 0.152. The van der Waals surface area contributed by atoms with Gasteiger partial charge in [0, 0.05) is 25.2 Å². The number of hydrogen-bond donors (Lipinski definition) is 2. The fourth-order valence-corrected chi connectivity index (χ4v) is 5.36. The molecule has 8 nitrogen and oxygen atoms in total. The molecule has 0 fully saturated rings. The van der Waals surface area contributed by atoms with Crippen molar-refractivity contribution in [3.63, 3.8) is 0 Å². The van der Waals surface area contributed by atoms with E-state index in [0.29, 0.717) is 0 Å². The van der Waals surface area contributed by atoms with Crippen LogP contribution < -0.4 is 14.8 Å². The normalized spacial score (nSPS) is 11.7. The number of hydrogen-bond acceptors (Lipinski definition) is 5. The molecule has 4 aromatic rings. The van der Waals surface area contributed by atoms with E-state index in [-0.39, 0.29) is 48.4 Å². The molecule has 0 aromatic heterocycles. The van der Waals surface area contributed by atoms with Crippen molar-refractivity contribution in [3.8, 4) is 5.75 Å². The van der Waals surface area contributed by atoms with Crippen LogP contribution in [0.5, 0.6) is 5.75 Å². The van der Waals surface area contributed by atoms with Crippen molar-refractivity contribution in [2.75, 3.05) is 17.9 Å². The largest absolute Gasteiger partial charge is 0.484 e. The third-order valence-corrected chi connectivity index (χ3v) is 7.88. The number of benzene rings is 4. The molecular formula is C33H32FN3O5S. The summed E-state index contributed by atoms with van der Waals surface area (Å²) in [5.41, 5.74) is 1.95. The summed E-state index contributed by atoms with van der Waals surface area (Å²) < 4.78 is 46.8. The Labute approximate surface area is 250 Å². The summed E-state index contributed by atoms with van der Waals surface area (Å²) in [7, 11) is -3.94. The van der Waals surface area contributed by atoms with Crippen LogP contribution in [0.3, 0.4) is 0 Å². The van der Waals surface area contributed by atoms with Gasteiger partial charge < -0.3 is 15.0 Å². The van der Waals surface area contributed by atoms with Gasteiger partial charge in [0.15, 0.2) is 6.61 Å². The highest BCUT2D eigenvalue weighted by atomic mass is 32.2. The van der Waals surface area contributed by atoms with Gasteiger partial charge in [-0.05, 0) is 59.7 Å². The molecule has 4 aromatic carbocycles. The summed E-state index contributed by atoms with van der Waals surface area (Å²) in [6.07, 6.45) is 1.86. The highest BCUT2D eigenvalue weighted by molar-refractivity contribution is 7.92. The van der Waals surface area contributed by atoms with Gasteiger partial charge in [-0.2, -0.15) is 0 Å². The molecule has 222 valence electrons. The minimum atomic E-state index is -3.94. The fourth-order valence-electron chi connectivity index (χ4n) is 4.30. The van der Waals surface area contributed by atoms with Crippen LogP contribution in [0.1, 0.15) is 11.1 Å². The van der Waals surface area contributed by atoms with Gasteiger partial charge in [0.05, 0.1) is 4.90 Å². The molecule has 0 spiro atoms. The monoisotopic (exact) mass is 601 g/mol. The van der Waals surface area contributed by atoms with Gasteiger partial charge >= 0.3 is 0 Å². The molecule has 0 aliphatic carbocycles. The minimum Gasteiger partial charge on any atom is -0.484 e. The molecule has 0 bridgehead atoms. The van der Waals surface area contributed by atoms with E-state index in [0.717, 1.165) is 23.3 Å². The van der Waals surface area contributed by atoms with E-state index in [9.17, 15) is 22.4 Å². The van der Waals surface area contributed by atoms with Crippen molar-refractivity contribution >= 4 is 27.5 Å². The maximum absolute atomic E-state index is 13.7. The van der Waals surface area contributed by atoms with Gasteiger partial charge in [0.25, 0.3) is 15.9 Å². The van der Waals surface area contributed by atoms with Crippen LogP contribution in [0.25, 0.3) is 0 Å². The van der Waals surface area contributed by atoms with Crippen LogP contribution >= 0.6 is 0 Å².